The van der Waals surface area contributed by atoms with Crippen LogP contribution in [0.2, 0.25) is 0 Å². The van der Waals surface area contributed by atoms with Gasteiger partial charge in [0, 0.05) is 6.07 Å². The van der Waals surface area contributed by atoms with Gasteiger partial charge in [0.15, 0.2) is 0 Å². The zero-order valence-electron chi connectivity index (χ0n) is 15.1. The van der Waals surface area contributed by atoms with Gasteiger partial charge in [-0.3, -0.25) is 9.59 Å². The first-order valence-corrected chi connectivity index (χ1v) is 7.87. The maximum absolute atomic E-state index is 11.9. The molecule has 25 heavy (non-hydrogen) atoms. The summed E-state index contributed by atoms with van der Waals surface area (Å²) >= 11 is 0. The molecular formula is C17H23N2NaO5. The van der Waals surface area contributed by atoms with Crippen LogP contribution < -0.4 is 40.0 Å². The fraction of sp³-hybridized carbons (Fsp3) is 0.471. The maximum Gasteiger partial charge on any atom is 1.00 e. The Balaban J connectivity index is 0.000000540. The molecule has 0 aliphatic carbocycles. The molecule has 0 fully saturated rings. The summed E-state index contributed by atoms with van der Waals surface area (Å²) in [6.07, 6.45) is 2.02. The zero-order chi connectivity index (χ0) is 18.3. The largest absolute Gasteiger partial charge is 1.00 e. The van der Waals surface area contributed by atoms with Crippen LogP contribution in [0.3, 0.4) is 0 Å². The van der Waals surface area contributed by atoms with Crippen molar-refractivity contribution in [3.63, 3.8) is 0 Å². The Morgan fingerprint density at radius 3 is 2.16 bits per heavy atom. The number of rotatable bonds is 4. The second-order valence-electron chi connectivity index (χ2n) is 5.71. The van der Waals surface area contributed by atoms with Gasteiger partial charge in [0.1, 0.15) is 16.9 Å². The molecule has 0 radical (unpaired) electrons. The molecule has 2 amide bonds. The van der Waals surface area contributed by atoms with Crippen molar-refractivity contribution in [1.29, 1.82) is 0 Å². The van der Waals surface area contributed by atoms with E-state index < -0.39 is 23.3 Å². The van der Waals surface area contributed by atoms with Crippen molar-refractivity contribution >= 4 is 17.8 Å². The molecule has 0 aromatic heterocycles. The summed E-state index contributed by atoms with van der Waals surface area (Å²) in [7, 11) is 0. The van der Waals surface area contributed by atoms with Crippen LogP contribution in [0.15, 0.2) is 29.3 Å². The van der Waals surface area contributed by atoms with Gasteiger partial charge < -0.3 is 20.6 Å². The molecule has 1 aromatic carbocycles. The Morgan fingerprint density at radius 1 is 1.24 bits per heavy atom. The van der Waals surface area contributed by atoms with Crippen molar-refractivity contribution in [3.05, 3.63) is 24.3 Å². The van der Waals surface area contributed by atoms with E-state index in [0.717, 1.165) is 12.8 Å². The van der Waals surface area contributed by atoms with Gasteiger partial charge in [-0.05, 0) is 30.9 Å². The molecule has 1 heterocycles. The Kier molecular flexibility index (Phi) is 9.77. The molecule has 1 aliphatic heterocycles. The summed E-state index contributed by atoms with van der Waals surface area (Å²) in [6.45, 7) is 5.62. The van der Waals surface area contributed by atoms with Gasteiger partial charge in [0.2, 0.25) is 5.91 Å². The van der Waals surface area contributed by atoms with Gasteiger partial charge >= 0.3 is 29.6 Å². The second-order valence-corrected chi connectivity index (χ2v) is 5.71. The van der Waals surface area contributed by atoms with Crippen LogP contribution in [0.4, 0.5) is 0 Å². The number of carbonyl (C=O) groups is 2. The van der Waals surface area contributed by atoms with Gasteiger partial charge in [-0.15, -0.1) is 0 Å². The topological polar surface area (TPSA) is 122 Å². The fourth-order valence-electron chi connectivity index (χ4n) is 2.79. The van der Waals surface area contributed by atoms with E-state index in [4.69, 9.17) is 10.2 Å². The SMILES string of the molecule is CCCC(C)C1(CC)C(=O)N=C([O-])NC1=O.Oc1cccc(O)c1.[Na+]. The summed E-state index contributed by atoms with van der Waals surface area (Å²) in [5.41, 5.74) is -1.15. The van der Waals surface area contributed by atoms with E-state index in [1.165, 1.54) is 18.2 Å². The van der Waals surface area contributed by atoms with E-state index in [1.54, 1.807) is 13.0 Å². The van der Waals surface area contributed by atoms with Crippen molar-refractivity contribution in [3.8, 4) is 11.5 Å². The molecule has 7 nitrogen and oxygen atoms in total. The molecule has 3 N–H and O–H groups in total. The Hall–Kier alpha value is -1.57. The van der Waals surface area contributed by atoms with Crippen LogP contribution in [0.25, 0.3) is 0 Å². The van der Waals surface area contributed by atoms with Crippen LogP contribution in [0.5, 0.6) is 11.5 Å². The van der Waals surface area contributed by atoms with E-state index in [2.05, 4.69) is 10.3 Å². The number of amidine groups is 1. The van der Waals surface area contributed by atoms with E-state index in [-0.39, 0.29) is 47.0 Å². The van der Waals surface area contributed by atoms with Crippen molar-refractivity contribution in [2.24, 2.45) is 16.3 Å². The molecule has 2 rings (SSSR count). The van der Waals surface area contributed by atoms with Crippen LogP contribution in [-0.2, 0) is 9.59 Å². The van der Waals surface area contributed by atoms with Crippen molar-refractivity contribution in [2.45, 2.75) is 40.0 Å². The molecule has 132 valence electrons. The molecule has 0 saturated carbocycles. The smallest absolute Gasteiger partial charge is 0.846 e. The summed E-state index contributed by atoms with van der Waals surface area (Å²) in [4.78, 5) is 27.1. The summed E-state index contributed by atoms with van der Waals surface area (Å²) in [5.74, 6) is -1.02. The van der Waals surface area contributed by atoms with Crippen molar-refractivity contribution in [1.82, 2.24) is 5.32 Å². The standard InChI is InChI=1S/C11H18N2O3.C6H6O2.Na/c1-4-6-7(3)11(5-2)8(14)12-10(16)13-9(11)15;7-5-2-1-3-6(8)4-5;/h7H,4-6H2,1-3H3,(H2,12,13,14,15,16);1-4,7-8H;/q;;+1/p-1. The fourth-order valence-corrected chi connectivity index (χ4v) is 2.79. The summed E-state index contributed by atoms with van der Waals surface area (Å²) < 4.78 is 0. The van der Waals surface area contributed by atoms with Gasteiger partial charge in [-0.1, -0.05) is 33.3 Å². The van der Waals surface area contributed by atoms with E-state index >= 15 is 0 Å². The minimum atomic E-state index is -1.15. The number of aliphatic imine (C=N–C) groups is 1. The Labute approximate surface area is 169 Å². The zero-order valence-corrected chi connectivity index (χ0v) is 17.1. The first kappa shape index (κ1) is 23.4. The predicted octanol–water partition coefficient (Wildman–Crippen LogP) is -1.71. The molecule has 0 saturated heterocycles. The Bertz CT molecular complexity index is 618. The number of benzene rings is 1. The summed E-state index contributed by atoms with van der Waals surface area (Å²) in [6, 6.07) is 5.01. The average molecular weight is 358 g/mol. The molecule has 1 aliphatic rings. The number of hydrogen-bond acceptors (Lipinski definition) is 5. The maximum atomic E-state index is 11.9. The predicted molar refractivity (Wildman–Crippen MR) is 87.2 cm³/mol. The molecule has 0 spiro atoms. The first-order valence-electron chi connectivity index (χ1n) is 7.87. The summed E-state index contributed by atoms with van der Waals surface area (Å²) in [5, 5.41) is 30.4. The van der Waals surface area contributed by atoms with Crippen molar-refractivity contribution < 1.29 is 54.5 Å². The molecule has 8 heteroatoms. The number of amides is 2. The van der Waals surface area contributed by atoms with E-state index in [9.17, 15) is 14.7 Å². The number of phenolic OH excluding ortho intramolecular Hbond substituents is 2. The van der Waals surface area contributed by atoms with Gasteiger partial charge in [-0.25, -0.2) is 4.99 Å². The molecule has 2 atom stereocenters. The number of carbonyl (C=O) groups excluding carboxylic acids is 2. The third-order valence-corrected chi connectivity index (χ3v) is 4.16. The number of hydrogen-bond donors (Lipinski definition) is 3. The number of nitrogens with zero attached hydrogens (tertiary/aromatic N) is 1. The molecule has 0 bridgehead atoms. The second kappa shape index (κ2) is 10.4. The number of phenols is 2. The van der Waals surface area contributed by atoms with Gasteiger partial charge in [-0.2, -0.15) is 0 Å². The van der Waals surface area contributed by atoms with E-state index in [1.807, 2.05) is 13.8 Å². The normalized spacial score (nSPS) is 20.4. The third-order valence-electron chi connectivity index (χ3n) is 4.16. The third kappa shape index (κ3) is 5.73. The van der Waals surface area contributed by atoms with Crippen LogP contribution in [0, 0.1) is 11.3 Å². The molecule has 1 aromatic rings. The van der Waals surface area contributed by atoms with Crippen LogP contribution in [0.1, 0.15) is 40.0 Å². The minimum Gasteiger partial charge on any atom is -0.846 e. The number of nitrogens with one attached hydrogen (secondary N) is 1. The average Bonchev–Trinajstić information content (AvgIpc) is 2.48. The molecular weight excluding hydrogens is 335 g/mol. The van der Waals surface area contributed by atoms with Crippen LogP contribution >= 0.6 is 0 Å². The van der Waals surface area contributed by atoms with Crippen LogP contribution in [-0.4, -0.2) is 28.0 Å². The monoisotopic (exact) mass is 358 g/mol. The van der Waals surface area contributed by atoms with E-state index in [0.29, 0.717) is 6.42 Å². The molecule has 2 unspecified atom stereocenters. The Morgan fingerprint density at radius 2 is 1.80 bits per heavy atom. The quantitative estimate of drug-likeness (QED) is 0.437. The van der Waals surface area contributed by atoms with Gasteiger partial charge in [0.25, 0.3) is 5.91 Å². The minimum absolute atomic E-state index is 0. The van der Waals surface area contributed by atoms with Gasteiger partial charge in [0.05, 0.1) is 6.02 Å². The number of aromatic hydroxyl groups is 2. The van der Waals surface area contributed by atoms with Crippen molar-refractivity contribution in [2.75, 3.05) is 0 Å². The first-order chi connectivity index (χ1) is 11.3.